The van der Waals surface area contributed by atoms with Crippen LogP contribution in [-0.2, 0) is 15.6 Å². The molecule has 0 bridgehead atoms. The predicted molar refractivity (Wildman–Crippen MR) is 85.7 cm³/mol. The molecule has 1 atom stereocenters. The van der Waals surface area contributed by atoms with Crippen molar-refractivity contribution in [2.45, 2.75) is 4.90 Å². The van der Waals surface area contributed by atoms with Crippen molar-refractivity contribution in [2.75, 3.05) is 5.32 Å². The molecule has 3 nitrogen and oxygen atoms in total. The first-order valence-electron chi connectivity index (χ1n) is 6.06. The summed E-state index contributed by atoms with van der Waals surface area (Å²) in [5.74, 6) is -0.511. The average Bonchev–Trinajstić information content (AvgIpc) is 2.74. The summed E-state index contributed by atoms with van der Waals surface area (Å²) in [6.45, 7) is 0. The number of benzene rings is 2. The Morgan fingerprint density at radius 2 is 1.67 bits per heavy atom. The van der Waals surface area contributed by atoms with E-state index in [1.807, 2.05) is 0 Å². The van der Waals surface area contributed by atoms with Gasteiger partial charge >= 0.3 is 0 Å². The Hall–Kier alpha value is -1.62. The van der Waals surface area contributed by atoms with Crippen LogP contribution in [0.1, 0.15) is 5.56 Å². The molecular formula is C15H9Cl2NO2S. The minimum Gasteiger partial charge on any atom is -0.320 e. The Morgan fingerprint density at radius 1 is 1.00 bits per heavy atom. The Kier molecular flexibility index (Phi) is 3.85. The van der Waals surface area contributed by atoms with Gasteiger partial charge in [0.05, 0.1) is 31.4 Å². The molecule has 0 fully saturated rings. The maximum atomic E-state index is 12.4. The molecule has 0 spiro atoms. The Morgan fingerprint density at radius 3 is 2.38 bits per heavy atom. The third kappa shape index (κ3) is 2.50. The molecule has 6 heteroatoms. The summed E-state index contributed by atoms with van der Waals surface area (Å²) in [7, 11) is -1.58. The number of carbonyl (C=O) groups excluding carboxylic acids is 1. The zero-order chi connectivity index (χ0) is 15.0. The van der Waals surface area contributed by atoms with Crippen LogP contribution in [0.2, 0.25) is 5.02 Å². The van der Waals surface area contributed by atoms with E-state index in [0.717, 1.165) is 0 Å². The van der Waals surface area contributed by atoms with Crippen molar-refractivity contribution in [3.05, 3.63) is 64.0 Å². The first-order valence-corrected chi connectivity index (χ1v) is 7.97. The van der Waals surface area contributed by atoms with Crippen molar-refractivity contribution in [1.29, 1.82) is 0 Å². The van der Waals surface area contributed by atoms with Gasteiger partial charge in [0.2, 0.25) is 0 Å². The normalized spacial score (nSPS) is 16.8. The van der Waals surface area contributed by atoms with Crippen LogP contribution in [0.15, 0.2) is 58.3 Å². The van der Waals surface area contributed by atoms with Gasteiger partial charge in [0.15, 0.2) is 0 Å². The number of fused-ring (bicyclic) bond motifs is 1. The van der Waals surface area contributed by atoms with Gasteiger partial charge in [-0.05, 0) is 18.2 Å². The number of amides is 1. The van der Waals surface area contributed by atoms with Crippen molar-refractivity contribution in [2.24, 2.45) is 0 Å². The van der Waals surface area contributed by atoms with Crippen LogP contribution in [0, 0.1) is 0 Å². The lowest BCUT2D eigenvalue weighted by atomic mass is 10.2. The molecule has 1 aliphatic rings. The predicted octanol–water partition coefficient (Wildman–Crippen LogP) is 4.01. The quantitative estimate of drug-likeness (QED) is 0.899. The Bertz CT molecular complexity index is 802. The standard InChI is InChI=1S/C15H9Cl2NO2S/c16-10-6-2-3-7-11(10)18-15(19)14-13(17)9-5-1-4-8-12(9)21(14)20/h1-8H,(H,18,19). The Balaban J connectivity index is 1.95. The number of hydrogen-bond acceptors (Lipinski definition) is 2. The highest BCUT2D eigenvalue weighted by Crippen LogP contribution is 2.39. The number of para-hydroxylation sites is 1. The molecule has 1 N–H and O–H groups in total. The molecule has 2 aromatic rings. The van der Waals surface area contributed by atoms with Gasteiger partial charge in [-0.3, -0.25) is 4.79 Å². The van der Waals surface area contributed by atoms with Crippen LogP contribution in [-0.4, -0.2) is 10.1 Å². The SMILES string of the molecule is O=C(Nc1ccccc1Cl)C1=C(Cl)c2ccccc2S1=O. The van der Waals surface area contributed by atoms with E-state index in [9.17, 15) is 9.00 Å². The molecule has 106 valence electrons. The first kappa shape index (κ1) is 14.3. The number of carbonyl (C=O) groups is 1. The lowest BCUT2D eigenvalue weighted by Crippen LogP contribution is -2.16. The van der Waals surface area contributed by atoms with Gasteiger partial charge < -0.3 is 5.32 Å². The summed E-state index contributed by atoms with van der Waals surface area (Å²) in [5.41, 5.74) is 1.08. The second-order valence-corrected chi connectivity index (χ2v) is 6.51. The Labute approximate surface area is 134 Å². The van der Waals surface area contributed by atoms with Crippen LogP contribution in [0.5, 0.6) is 0 Å². The molecule has 1 amide bonds. The number of halogens is 2. The fourth-order valence-corrected chi connectivity index (χ4v) is 4.03. The van der Waals surface area contributed by atoms with E-state index in [2.05, 4.69) is 5.32 Å². The summed E-state index contributed by atoms with van der Waals surface area (Å²) >= 11 is 12.2. The minimum atomic E-state index is -1.58. The molecule has 1 heterocycles. The summed E-state index contributed by atoms with van der Waals surface area (Å²) in [4.78, 5) is 13.0. The summed E-state index contributed by atoms with van der Waals surface area (Å²) < 4.78 is 12.4. The van der Waals surface area contributed by atoms with Crippen molar-refractivity contribution in [3.8, 4) is 0 Å². The van der Waals surface area contributed by atoms with Gasteiger partial charge in [-0.2, -0.15) is 0 Å². The smallest absolute Gasteiger partial charge is 0.266 e. The third-order valence-electron chi connectivity index (χ3n) is 3.04. The second-order valence-electron chi connectivity index (χ2n) is 4.34. The average molecular weight is 338 g/mol. The van der Waals surface area contributed by atoms with Crippen LogP contribution in [0.3, 0.4) is 0 Å². The molecule has 3 rings (SSSR count). The lowest BCUT2D eigenvalue weighted by molar-refractivity contribution is -0.112. The monoisotopic (exact) mass is 337 g/mol. The van der Waals surface area contributed by atoms with E-state index in [0.29, 0.717) is 21.2 Å². The van der Waals surface area contributed by atoms with Crippen LogP contribution in [0.4, 0.5) is 5.69 Å². The van der Waals surface area contributed by atoms with Crippen LogP contribution in [0.25, 0.3) is 5.03 Å². The van der Waals surface area contributed by atoms with Gasteiger partial charge in [-0.15, -0.1) is 0 Å². The number of nitrogens with one attached hydrogen (secondary N) is 1. The van der Waals surface area contributed by atoms with E-state index in [4.69, 9.17) is 23.2 Å². The van der Waals surface area contributed by atoms with Crippen molar-refractivity contribution >= 4 is 50.6 Å². The fourth-order valence-electron chi connectivity index (χ4n) is 2.05. The van der Waals surface area contributed by atoms with Gasteiger partial charge in [0, 0.05) is 5.56 Å². The number of hydrogen-bond donors (Lipinski definition) is 1. The fraction of sp³-hybridized carbons (Fsp3) is 0. The zero-order valence-electron chi connectivity index (χ0n) is 10.6. The molecule has 0 aliphatic carbocycles. The third-order valence-corrected chi connectivity index (χ3v) is 5.39. The number of anilines is 1. The van der Waals surface area contributed by atoms with E-state index in [-0.39, 0.29) is 9.94 Å². The van der Waals surface area contributed by atoms with E-state index in [1.165, 1.54) is 0 Å². The van der Waals surface area contributed by atoms with Gasteiger partial charge in [0.1, 0.15) is 4.91 Å². The molecule has 0 saturated carbocycles. The highest BCUT2D eigenvalue weighted by molar-refractivity contribution is 7.91. The largest absolute Gasteiger partial charge is 0.320 e. The number of rotatable bonds is 2. The molecule has 21 heavy (non-hydrogen) atoms. The molecule has 0 radical (unpaired) electrons. The second kappa shape index (κ2) is 5.64. The molecule has 1 unspecified atom stereocenters. The van der Waals surface area contributed by atoms with Crippen molar-refractivity contribution in [1.82, 2.24) is 0 Å². The molecule has 2 aromatic carbocycles. The highest BCUT2D eigenvalue weighted by Gasteiger charge is 2.32. The molecular weight excluding hydrogens is 329 g/mol. The van der Waals surface area contributed by atoms with E-state index >= 15 is 0 Å². The van der Waals surface area contributed by atoms with Gasteiger partial charge in [-0.1, -0.05) is 53.5 Å². The zero-order valence-corrected chi connectivity index (χ0v) is 12.9. The molecule has 0 saturated heterocycles. The van der Waals surface area contributed by atoms with Gasteiger partial charge in [-0.25, -0.2) is 4.21 Å². The van der Waals surface area contributed by atoms with Crippen LogP contribution >= 0.6 is 23.2 Å². The highest BCUT2D eigenvalue weighted by atomic mass is 35.5. The lowest BCUT2D eigenvalue weighted by Gasteiger charge is -2.07. The van der Waals surface area contributed by atoms with E-state index in [1.54, 1.807) is 48.5 Å². The topological polar surface area (TPSA) is 46.2 Å². The minimum absolute atomic E-state index is 0.0535. The molecule has 0 aromatic heterocycles. The van der Waals surface area contributed by atoms with Crippen molar-refractivity contribution < 1.29 is 9.00 Å². The summed E-state index contributed by atoms with van der Waals surface area (Å²) in [5, 5.41) is 3.26. The summed E-state index contributed by atoms with van der Waals surface area (Å²) in [6.07, 6.45) is 0. The molecule has 1 aliphatic heterocycles. The van der Waals surface area contributed by atoms with Crippen molar-refractivity contribution in [3.63, 3.8) is 0 Å². The maximum Gasteiger partial charge on any atom is 0.266 e. The van der Waals surface area contributed by atoms with E-state index < -0.39 is 16.7 Å². The van der Waals surface area contributed by atoms with Crippen LogP contribution < -0.4 is 5.32 Å². The maximum absolute atomic E-state index is 12.4. The summed E-state index contributed by atoms with van der Waals surface area (Å²) in [6, 6.07) is 13.8. The van der Waals surface area contributed by atoms with Gasteiger partial charge in [0.25, 0.3) is 5.91 Å². The first-order chi connectivity index (χ1) is 10.1.